The first kappa shape index (κ1) is 22.7. The summed E-state index contributed by atoms with van der Waals surface area (Å²) in [5.74, 6) is -0.563. The van der Waals surface area contributed by atoms with E-state index in [9.17, 15) is 19.7 Å². The van der Waals surface area contributed by atoms with Crippen molar-refractivity contribution in [3.63, 3.8) is 0 Å². The normalized spacial score (nSPS) is 15.6. The van der Waals surface area contributed by atoms with Gasteiger partial charge in [-0.2, -0.15) is 5.10 Å². The lowest BCUT2D eigenvalue weighted by molar-refractivity contribution is -0.384. The summed E-state index contributed by atoms with van der Waals surface area (Å²) in [7, 11) is 0. The number of benzene rings is 2. The molecule has 0 bridgehead atoms. The van der Waals surface area contributed by atoms with Crippen LogP contribution in [0.4, 0.5) is 10.5 Å². The number of allylic oxidation sites excluding steroid dienone is 1. The Hall–Kier alpha value is -4.47. The molecule has 1 aliphatic heterocycles. The summed E-state index contributed by atoms with van der Waals surface area (Å²) in [6, 6.07) is 14.0. The summed E-state index contributed by atoms with van der Waals surface area (Å²) in [4.78, 5) is 36.0. The third-order valence-electron chi connectivity index (χ3n) is 5.26. The van der Waals surface area contributed by atoms with Gasteiger partial charge in [-0.1, -0.05) is 18.2 Å². The van der Waals surface area contributed by atoms with Crippen molar-refractivity contribution in [3.05, 3.63) is 87.7 Å². The van der Waals surface area contributed by atoms with Crippen LogP contribution < -0.4 is 10.6 Å². The van der Waals surface area contributed by atoms with E-state index in [0.29, 0.717) is 22.5 Å². The average molecular weight is 461 g/mol. The van der Waals surface area contributed by atoms with Crippen molar-refractivity contribution in [2.24, 2.45) is 0 Å². The second kappa shape index (κ2) is 9.18. The Kier molecular flexibility index (Phi) is 6.13. The molecular weight excluding hydrogens is 438 g/mol. The molecule has 1 aliphatic rings. The highest BCUT2D eigenvalue weighted by Gasteiger charge is 2.35. The van der Waals surface area contributed by atoms with E-state index in [4.69, 9.17) is 9.84 Å². The second-order valence-corrected chi connectivity index (χ2v) is 8.04. The molecule has 0 unspecified atom stereocenters. The first-order valence-corrected chi connectivity index (χ1v) is 10.6. The number of para-hydroxylation sites is 1. The lowest BCUT2D eigenvalue weighted by Gasteiger charge is -2.28. The Morgan fingerprint density at radius 3 is 2.44 bits per heavy atom. The standard InChI is InChI=1S/C24H23N5O5/c1-14(2)34-23(30)20-15(3)25-24(31)26-22(20)19-13-28(17-7-5-4-6-8-17)27-21(19)16-9-11-18(12-10-16)29(32)33/h4-14,22H,1-3H3,(H2,25,26,31)/t22-/m1/s1. The minimum Gasteiger partial charge on any atom is -0.459 e. The quantitative estimate of drug-likeness (QED) is 0.324. The number of ether oxygens (including phenoxy) is 1. The fraction of sp³-hybridized carbons (Fsp3) is 0.208. The number of rotatable bonds is 6. The number of carbonyl (C=O) groups excluding carboxylic acids is 2. The van der Waals surface area contributed by atoms with Crippen LogP contribution in [0.15, 0.2) is 72.1 Å². The van der Waals surface area contributed by atoms with E-state index in [1.165, 1.54) is 12.1 Å². The van der Waals surface area contributed by atoms with E-state index in [0.717, 1.165) is 5.69 Å². The number of nitro groups is 1. The Morgan fingerprint density at radius 2 is 1.82 bits per heavy atom. The molecule has 0 saturated carbocycles. The molecule has 174 valence electrons. The molecule has 0 spiro atoms. The van der Waals surface area contributed by atoms with E-state index in [2.05, 4.69) is 10.6 Å². The van der Waals surface area contributed by atoms with Gasteiger partial charge >= 0.3 is 12.0 Å². The van der Waals surface area contributed by atoms with E-state index < -0.39 is 23.0 Å². The first-order valence-electron chi connectivity index (χ1n) is 10.6. The Labute approximate surface area is 195 Å². The van der Waals surface area contributed by atoms with Crippen LogP contribution in [0.5, 0.6) is 0 Å². The molecule has 10 heteroatoms. The van der Waals surface area contributed by atoms with E-state index in [1.54, 1.807) is 43.8 Å². The number of carbonyl (C=O) groups is 2. The molecule has 0 saturated heterocycles. The maximum Gasteiger partial charge on any atom is 0.338 e. The molecule has 1 aromatic heterocycles. The minimum atomic E-state index is -0.845. The summed E-state index contributed by atoms with van der Waals surface area (Å²) in [6.07, 6.45) is 1.38. The lowest BCUT2D eigenvalue weighted by Crippen LogP contribution is -2.45. The zero-order valence-electron chi connectivity index (χ0n) is 18.8. The molecule has 0 fully saturated rings. The number of nitrogens with one attached hydrogen (secondary N) is 2. The molecule has 1 atom stereocenters. The molecular formula is C24H23N5O5. The molecule has 0 aliphatic carbocycles. The summed E-state index contributed by atoms with van der Waals surface area (Å²) >= 11 is 0. The fourth-order valence-corrected chi connectivity index (χ4v) is 3.75. The molecule has 34 heavy (non-hydrogen) atoms. The molecule has 2 aromatic carbocycles. The minimum absolute atomic E-state index is 0.0556. The van der Waals surface area contributed by atoms with Crippen LogP contribution in [-0.2, 0) is 9.53 Å². The third-order valence-corrected chi connectivity index (χ3v) is 5.26. The number of hydrogen-bond acceptors (Lipinski definition) is 6. The van der Waals surface area contributed by atoms with Crippen LogP contribution in [-0.4, -0.2) is 32.8 Å². The van der Waals surface area contributed by atoms with Crippen LogP contribution in [0.3, 0.4) is 0 Å². The largest absolute Gasteiger partial charge is 0.459 e. The second-order valence-electron chi connectivity index (χ2n) is 8.04. The summed E-state index contributed by atoms with van der Waals surface area (Å²) in [5.41, 5.74) is 2.95. The highest BCUT2D eigenvalue weighted by Crippen LogP contribution is 2.35. The van der Waals surface area contributed by atoms with Crippen LogP contribution >= 0.6 is 0 Å². The number of urea groups is 1. The van der Waals surface area contributed by atoms with Crippen molar-refractivity contribution in [1.29, 1.82) is 0 Å². The highest BCUT2D eigenvalue weighted by atomic mass is 16.6. The molecule has 3 aromatic rings. The van der Waals surface area contributed by atoms with Gasteiger partial charge in [0.25, 0.3) is 5.69 Å². The molecule has 0 radical (unpaired) electrons. The van der Waals surface area contributed by atoms with Crippen LogP contribution in [0.1, 0.15) is 32.4 Å². The van der Waals surface area contributed by atoms with E-state index in [-0.39, 0.29) is 17.4 Å². The molecule has 10 nitrogen and oxygen atoms in total. The van der Waals surface area contributed by atoms with Crippen LogP contribution in [0, 0.1) is 10.1 Å². The number of non-ortho nitro benzene ring substituents is 1. The molecule has 2 heterocycles. The highest BCUT2D eigenvalue weighted by molar-refractivity contribution is 5.95. The van der Waals surface area contributed by atoms with Gasteiger partial charge in [0.2, 0.25) is 0 Å². The maximum atomic E-state index is 13.0. The predicted octanol–water partition coefficient (Wildman–Crippen LogP) is 4.03. The van der Waals surface area contributed by atoms with Crippen LogP contribution in [0.25, 0.3) is 16.9 Å². The zero-order chi connectivity index (χ0) is 24.4. The van der Waals surface area contributed by atoms with Gasteiger partial charge in [0.1, 0.15) is 0 Å². The van der Waals surface area contributed by atoms with Gasteiger partial charge in [0.05, 0.1) is 34.0 Å². The fourth-order valence-electron chi connectivity index (χ4n) is 3.75. The maximum absolute atomic E-state index is 13.0. The number of amides is 2. The van der Waals surface area contributed by atoms with Crippen molar-refractivity contribution >= 4 is 17.7 Å². The topological polar surface area (TPSA) is 128 Å². The molecule has 4 rings (SSSR count). The van der Waals surface area contributed by atoms with Gasteiger partial charge in [-0.3, -0.25) is 10.1 Å². The zero-order valence-corrected chi connectivity index (χ0v) is 18.8. The number of esters is 1. The monoisotopic (exact) mass is 461 g/mol. The smallest absolute Gasteiger partial charge is 0.338 e. The van der Waals surface area contributed by atoms with E-state index >= 15 is 0 Å². The van der Waals surface area contributed by atoms with Gasteiger partial charge in [-0.05, 0) is 45.0 Å². The van der Waals surface area contributed by atoms with Gasteiger partial charge in [0, 0.05) is 35.2 Å². The summed E-state index contributed by atoms with van der Waals surface area (Å²) in [5, 5.41) is 21.2. The molecule has 2 amide bonds. The third kappa shape index (κ3) is 4.51. The number of hydrogen-bond donors (Lipinski definition) is 2. The SMILES string of the molecule is CC1=C(C(=O)OC(C)C)[C@@H](c2cn(-c3ccccc3)nc2-c2ccc([N+](=O)[O-])cc2)NC(=O)N1. The van der Waals surface area contributed by atoms with Crippen LogP contribution in [0.2, 0.25) is 0 Å². The van der Waals surface area contributed by atoms with E-state index in [1.807, 2.05) is 30.3 Å². The van der Waals surface area contributed by atoms with Crippen molar-refractivity contribution in [2.45, 2.75) is 32.9 Å². The van der Waals surface area contributed by atoms with Gasteiger partial charge in [-0.15, -0.1) is 0 Å². The van der Waals surface area contributed by atoms with Gasteiger partial charge in [0.15, 0.2) is 0 Å². The van der Waals surface area contributed by atoms with Gasteiger partial charge in [-0.25, -0.2) is 14.3 Å². The first-order chi connectivity index (χ1) is 16.2. The Morgan fingerprint density at radius 1 is 1.15 bits per heavy atom. The van der Waals surface area contributed by atoms with Crippen molar-refractivity contribution in [1.82, 2.24) is 20.4 Å². The molecule has 2 N–H and O–H groups in total. The van der Waals surface area contributed by atoms with Crippen molar-refractivity contribution in [2.75, 3.05) is 0 Å². The predicted molar refractivity (Wildman–Crippen MR) is 124 cm³/mol. The lowest BCUT2D eigenvalue weighted by atomic mass is 9.93. The number of nitrogens with zero attached hydrogens (tertiary/aromatic N) is 3. The Balaban J connectivity index is 1.88. The number of aromatic nitrogens is 2. The Bertz CT molecular complexity index is 1280. The number of nitro benzene ring substituents is 1. The summed E-state index contributed by atoms with van der Waals surface area (Å²) in [6.45, 7) is 5.12. The van der Waals surface area contributed by atoms with Crippen molar-refractivity contribution in [3.8, 4) is 16.9 Å². The van der Waals surface area contributed by atoms with Gasteiger partial charge < -0.3 is 15.4 Å². The average Bonchev–Trinajstić information content (AvgIpc) is 3.24. The summed E-state index contributed by atoms with van der Waals surface area (Å²) < 4.78 is 7.08. The van der Waals surface area contributed by atoms with Crippen molar-refractivity contribution < 1.29 is 19.2 Å².